The number of amides is 1. The molecule has 0 saturated carbocycles. The number of rotatable bonds is 6. The van der Waals surface area contributed by atoms with E-state index in [2.05, 4.69) is 15.5 Å². The van der Waals surface area contributed by atoms with Crippen LogP contribution in [0.25, 0.3) is 0 Å². The molecule has 3 rings (SSSR count). The SMILES string of the molecule is O=C(NN=Cc1ccccc1OCc1ccc(Cl)cc1)c1cccnc1Cl. The summed E-state index contributed by atoms with van der Waals surface area (Å²) in [6.45, 7) is 0.389. The summed E-state index contributed by atoms with van der Waals surface area (Å²) in [4.78, 5) is 16.0. The first kappa shape index (κ1) is 18.9. The van der Waals surface area contributed by atoms with Crippen LogP contribution in [0.2, 0.25) is 10.2 Å². The van der Waals surface area contributed by atoms with Gasteiger partial charge >= 0.3 is 0 Å². The van der Waals surface area contributed by atoms with Gasteiger partial charge in [0.15, 0.2) is 0 Å². The Bertz CT molecular complexity index is 959. The van der Waals surface area contributed by atoms with Gasteiger partial charge in [-0.2, -0.15) is 5.10 Å². The molecular formula is C20H15Cl2N3O2. The van der Waals surface area contributed by atoms with E-state index < -0.39 is 5.91 Å². The Morgan fingerprint density at radius 2 is 1.85 bits per heavy atom. The van der Waals surface area contributed by atoms with Crippen LogP contribution in [0.3, 0.4) is 0 Å². The van der Waals surface area contributed by atoms with E-state index in [9.17, 15) is 4.79 Å². The van der Waals surface area contributed by atoms with E-state index in [-0.39, 0.29) is 10.7 Å². The number of nitrogens with one attached hydrogen (secondary N) is 1. The topological polar surface area (TPSA) is 63.6 Å². The minimum Gasteiger partial charge on any atom is -0.488 e. The third-order valence-electron chi connectivity index (χ3n) is 3.60. The van der Waals surface area contributed by atoms with E-state index in [1.807, 2.05) is 48.5 Å². The van der Waals surface area contributed by atoms with Gasteiger partial charge in [0.05, 0.1) is 11.8 Å². The van der Waals surface area contributed by atoms with Gasteiger partial charge in [-0.1, -0.05) is 47.5 Å². The fraction of sp³-hybridized carbons (Fsp3) is 0.0500. The molecule has 0 fully saturated rings. The number of benzene rings is 2. The largest absolute Gasteiger partial charge is 0.488 e. The lowest BCUT2D eigenvalue weighted by Gasteiger charge is -2.09. The van der Waals surface area contributed by atoms with Crippen molar-refractivity contribution in [3.8, 4) is 5.75 Å². The molecule has 5 nitrogen and oxygen atoms in total. The van der Waals surface area contributed by atoms with Crippen LogP contribution in [0.1, 0.15) is 21.5 Å². The van der Waals surface area contributed by atoms with Gasteiger partial charge in [0.2, 0.25) is 0 Å². The molecule has 27 heavy (non-hydrogen) atoms. The molecule has 3 aromatic rings. The molecule has 0 bridgehead atoms. The lowest BCUT2D eigenvalue weighted by molar-refractivity contribution is 0.0955. The molecule has 1 amide bonds. The number of ether oxygens (including phenoxy) is 1. The van der Waals surface area contributed by atoms with Crippen LogP contribution in [-0.2, 0) is 6.61 Å². The number of hydrogen-bond acceptors (Lipinski definition) is 4. The molecule has 0 aliphatic rings. The van der Waals surface area contributed by atoms with Gasteiger partial charge < -0.3 is 4.74 Å². The van der Waals surface area contributed by atoms with E-state index in [4.69, 9.17) is 27.9 Å². The van der Waals surface area contributed by atoms with E-state index in [0.29, 0.717) is 17.4 Å². The minimum absolute atomic E-state index is 0.122. The maximum atomic E-state index is 12.1. The quantitative estimate of drug-likeness (QED) is 0.370. The van der Waals surface area contributed by atoms with Crippen molar-refractivity contribution in [2.45, 2.75) is 6.61 Å². The second-order valence-corrected chi connectivity index (χ2v) is 6.29. The number of halogens is 2. The smallest absolute Gasteiger partial charge is 0.274 e. The number of carbonyl (C=O) groups excluding carboxylic acids is 1. The number of pyridine rings is 1. The first-order chi connectivity index (χ1) is 13.1. The Balaban J connectivity index is 1.65. The summed E-state index contributed by atoms with van der Waals surface area (Å²) in [6, 6.07) is 18.0. The Morgan fingerprint density at radius 3 is 2.63 bits per heavy atom. The van der Waals surface area contributed by atoms with E-state index >= 15 is 0 Å². The van der Waals surface area contributed by atoms with Crippen LogP contribution in [-0.4, -0.2) is 17.1 Å². The lowest BCUT2D eigenvalue weighted by atomic mass is 10.2. The van der Waals surface area contributed by atoms with Crippen molar-refractivity contribution in [3.05, 3.63) is 93.7 Å². The molecule has 1 heterocycles. The summed E-state index contributed by atoms with van der Waals surface area (Å²) in [5.74, 6) is 0.203. The zero-order chi connectivity index (χ0) is 19.1. The Hall–Kier alpha value is -2.89. The highest BCUT2D eigenvalue weighted by molar-refractivity contribution is 6.32. The molecule has 0 atom stereocenters. The van der Waals surface area contributed by atoms with Crippen molar-refractivity contribution in [3.63, 3.8) is 0 Å². The molecule has 0 spiro atoms. The van der Waals surface area contributed by atoms with Gasteiger partial charge in [0, 0.05) is 16.8 Å². The Kier molecular flexibility index (Phi) is 6.41. The van der Waals surface area contributed by atoms with Gasteiger partial charge in [-0.25, -0.2) is 10.4 Å². The molecule has 136 valence electrons. The van der Waals surface area contributed by atoms with Crippen LogP contribution in [0, 0.1) is 0 Å². The van der Waals surface area contributed by atoms with Crippen molar-refractivity contribution in [1.29, 1.82) is 0 Å². The molecule has 0 aliphatic heterocycles. The molecule has 7 heteroatoms. The highest BCUT2D eigenvalue weighted by Crippen LogP contribution is 2.18. The second-order valence-electron chi connectivity index (χ2n) is 5.49. The summed E-state index contributed by atoms with van der Waals surface area (Å²) in [7, 11) is 0. The maximum absolute atomic E-state index is 12.1. The van der Waals surface area contributed by atoms with Crippen molar-refractivity contribution >= 4 is 35.3 Å². The number of para-hydroxylation sites is 1. The lowest BCUT2D eigenvalue weighted by Crippen LogP contribution is -2.18. The molecule has 0 unspecified atom stereocenters. The van der Waals surface area contributed by atoms with Gasteiger partial charge in [0.25, 0.3) is 5.91 Å². The predicted molar refractivity (Wildman–Crippen MR) is 107 cm³/mol. The summed E-state index contributed by atoms with van der Waals surface area (Å²) in [6.07, 6.45) is 3.02. The van der Waals surface area contributed by atoms with Crippen molar-refractivity contribution in [1.82, 2.24) is 10.4 Å². The summed E-state index contributed by atoms with van der Waals surface area (Å²) in [5.41, 5.74) is 4.40. The first-order valence-electron chi connectivity index (χ1n) is 8.03. The molecule has 0 saturated heterocycles. The summed E-state index contributed by atoms with van der Waals surface area (Å²) in [5, 5.41) is 4.78. The normalized spacial score (nSPS) is 10.7. The molecule has 1 N–H and O–H groups in total. The number of hydrazone groups is 1. The van der Waals surface area contributed by atoms with Gasteiger partial charge in [-0.3, -0.25) is 4.79 Å². The number of nitrogens with zero attached hydrogens (tertiary/aromatic N) is 2. The van der Waals surface area contributed by atoms with Crippen LogP contribution in [0.5, 0.6) is 5.75 Å². The summed E-state index contributed by atoms with van der Waals surface area (Å²) < 4.78 is 5.85. The third-order valence-corrected chi connectivity index (χ3v) is 4.15. The molecule has 1 aromatic heterocycles. The van der Waals surface area contributed by atoms with Crippen LogP contribution < -0.4 is 10.2 Å². The van der Waals surface area contributed by atoms with E-state index in [0.717, 1.165) is 11.1 Å². The number of hydrogen-bond donors (Lipinski definition) is 1. The van der Waals surface area contributed by atoms with Crippen molar-refractivity contribution < 1.29 is 9.53 Å². The highest BCUT2D eigenvalue weighted by Gasteiger charge is 2.09. The number of aromatic nitrogens is 1. The van der Waals surface area contributed by atoms with E-state index in [1.54, 1.807) is 12.1 Å². The van der Waals surface area contributed by atoms with Crippen molar-refractivity contribution in [2.75, 3.05) is 0 Å². The first-order valence-corrected chi connectivity index (χ1v) is 8.79. The fourth-order valence-corrected chi connectivity index (χ4v) is 2.57. The maximum Gasteiger partial charge on any atom is 0.274 e. The second kappa shape index (κ2) is 9.16. The molecule has 0 aliphatic carbocycles. The van der Waals surface area contributed by atoms with Crippen LogP contribution in [0.15, 0.2) is 72.0 Å². The Labute approximate surface area is 166 Å². The van der Waals surface area contributed by atoms with Crippen molar-refractivity contribution in [2.24, 2.45) is 5.10 Å². The highest BCUT2D eigenvalue weighted by atomic mass is 35.5. The standard InChI is InChI=1S/C20H15Cl2N3O2/c21-16-9-7-14(8-10-16)13-27-18-6-2-1-4-15(18)12-24-25-20(26)17-5-3-11-23-19(17)22/h1-12H,13H2,(H,25,26). The Morgan fingerprint density at radius 1 is 1.07 bits per heavy atom. The number of carbonyl (C=O) groups is 1. The zero-order valence-electron chi connectivity index (χ0n) is 14.1. The minimum atomic E-state index is -0.441. The predicted octanol–water partition coefficient (Wildman–Crippen LogP) is 4.73. The monoisotopic (exact) mass is 399 g/mol. The van der Waals surface area contributed by atoms with Gasteiger partial charge in [0.1, 0.15) is 17.5 Å². The summed E-state index contributed by atoms with van der Waals surface area (Å²) >= 11 is 11.8. The molecule has 0 radical (unpaired) electrons. The van der Waals surface area contributed by atoms with Gasteiger partial charge in [-0.05, 0) is 42.0 Å². The molecular weight excluding hydrogens is 385 g/mol. The van der Waals surface area contributed by atoms with Gasteiger partial charge in [-0.15, -0.1) is 0 Å². The van der Waals surface area contributed by atoms with Crippen LogP contribution >= 0.6 is 23.2 Å². The van der Waals surface area contributed by atoms with E-state index in [1.165, 1.54) is 12.4 Å². The third kappa shape index (κ3) is 5.29. The fourth-order valence-electron chi connectivity index (χ4n) is 2.24. The zero-order valence-corrected chi connectivity index (χ0v) is 15.6. The van der Waals surface area contributed by atoms with Crippen LogP contribution in [0.4, 0.5) is 0 Å². The average molecular weight is 400 g/mol. The molecule has 2 aromatic carbocycles. The average Bonchev–Trinajstić information content (AvgIpc) is 2.68.